The van der Waals surface area contributed by atoms with Crippen LogP contribution in [0.1, 0.15) is 23.6 Å². The van der Waals surface area contributed by atoms with Gasteiger partial charge in [-0.25, -0.2) is 4.98 Å². The standard InChI is InChI=1S/C15H15N3O2S/c1-10-9-13(18-20-10)17-14(19)7-4-8-15-16-11-5-2-3-6-12(11)21-15/h2-3,5-6,9H,4,7-8H2,1H3,(H,17,18,19). The van der Waals surface area contributed by atoms with Crippen LogP contribution in [0, 0.1) is 6.92 Å². The van der Waals surface area contributed by atoms with Crippen molar-refractivity contribution < 1.29 is 9.32 Å². The van der Waals surface area contributed by atoms with Gasteiger partial charge >= 0.3 is 0 Å². The number of aromatic nitrogens is 2. The minimum Gasteiger partial charge on any atom is -0.360 e. The highest BCUT2D eigenvalue weighted by atomic mass is 32.1. The summed E-state index contributed by atoms with van der Waals surface area (Å²) in [5, 5.41) is 7.52. The smallest absolute Gasteiger partial charge is 0.225 e. The zero-order chi connectivity index (χ0) is 14.7. The van der Waals surface area contributed by atoms with E-state index in [1.54, 1.807) is 24.3 Å². The molecule has 3 rings (SSSR count). The van der Waals surface area contributed by atoms with Crippen LogP contribution < -0.4 is 5.32 Å². The molecule has 3 aromatic rings. The number of hydrogen-bond donors (Lipinski definition) is 1. The van der Waals surface area contributed by atoms with Gasteiger partial charge in [0.25, 0.3) is 0 Å². The molecule has 2 heterocycles. The van der Waals surface area contributed by atoms with E-state index in [-0.39, 0.29) is 5.91 Å². The molecule has 0 aliphatic rings. The second-order valence-corrected chi connectivity index (χ2v) is 5.92. The Morgan fingerprint density at radius 2 is 2.24 bits per heavy atom. The number of thiazole rings is 1. The van der Waals surface area contributed by atoms with E-state index >= 15 is 0 Å². The van der Waals surface area contributed by atoms with Crippen LogP contribution in [0.15, 0.2) is 34.9 Å². The molecule has 0 aliphatic heterocycles. The van der Waals surface area contributed by atoms with Crippen molar-refractivity contribution in [2.75, 3.05) is 5.32 Å². The zero-order valence-electron chi connectivity index (χ0n) is 11.6. The lowest BCUT2D eigenvalue weighted by Crippen LogP contribution is -2.11. The monoisotopic (exact) mass is 301 g/mol. The largest absolute Gasteiger partial charge is 0.360 e. The highest BCUT2D eigenvalue weighted by molar-refractivity contribution is 7.18. The van der Waals surface area contributed by atoms with Crippen molar-refractivity contribution in [3.05, 3.63) is 41.1 Å². The molecule has 0 unspecified atom stereocenters. The lowest BCUT2D eigenvalue weighted by atomic mass is 10.2. The first kappa shape index (κ1) is 13.8. The highest BCUT2D eigenvalue weighted by Crippen LogP contribution is 2.22. The van der Waals surface area contributed by atoms with Gasteiger partial charge in [-0.1, -0.05) is 17.3 Å². The van der Waals surface area contributed by atoms with E-state index in [2.05, 4.69) is 21.5 Å². The number of nitrogens with zero attached hydrogens (tertiary/aromatic N) is 2. The Hall–Kier alpha value is -2.21. The summed E-state index contributed by atoms with van der Waals surface area (Å²) in [6, 6.07) is 9.77. The van der Waals surface area contributed by atoms with Gasteiger partial charge in [0.15, 0.2) is 5.82 Å². The maximum atomic E-state index is 11.8. The number of hydrogen-bond acceptors (Lipinski definition) is 5. The van der Waals surface area contributed by atoms with Crippen molar-refractivity contribution >= 4 is 33.3 Å². The van der Waals surface area contributed by atoms with E-state index in [4.69, 9.17) is 4.52 Å². The predicted octanol–water partition coefficient (Wildman–Crippen LogP) is 3.55. The Labute approximate surface area is 126 Å². The number of anilines is 1. The van der Waals surface area contributed by atoms with Crippen molar-refractivity contribution in [2.24, 2.45) is 0 Å². The Balaban J connectivity index is 1.50. The fourth-order valence-corrected chi connectivity index (χ4v) is 3.07. The molecule has 5 nitrogen and oxygen atoms in total. The van der Waals surface area contributed by atoms with Gasteiger partial charge in [0, 0.05) is 12.5 Å². The quantitative estimate of drug-likeness (QED) is 0.782. The summed E-state index contributed by atoms with van der Waals surface area (Å²) in [5.74, 6) is 1.10. The minimum atomic E-state index is -0.0515. The second kappa shape index (κ2) is 6.05. The van der Waals surface area contributed by atoms with Gasteiger partial charge in [0.2, 0.25) is 5.91 Å². The van der Waals surface area contributed by atoms with Crippen LogP contribution in [0.5, 0.6) is 0 Å². The Morgan fingerprint density at radius 1 is 1.38 bits per heavy atom. The molecule has 0 fully saturated rings. The van der Waals surface area contributed by atoms with Gasteiger partial charge in [0.05, 0.1) is 15.2 Å². The number of amides is 1. The summed E-state index contributed by atoms with van der Waals surface area (Å²) in [5.41, 5.74) is 1.03. The predicted molar refractivity (Wildman–Crippen MR) is 82.4 cm³/mol. The van der Waals surface area contributed by atoms with Crippen LogP contribution in [0.25, 0.3) is 10.2 Å². The number of nitrogens with one attached hydrogen (secondary N) is 1. The van der Waals surface area contributed by atoms with E-state index in [0.717, 1.165) is 23.4 Å². The molecule has 1 amide bonds. The number of rotatable bonds is 5. The summed E-state index contributed by atoms with van der Waals surface area (Å²) in [6.45, 7) is 1.79. The Bertz CT molecular complexity index is 730. The molecule has 0 aliphatic carbocycles. The van der Waals surface area contributed by atoms with Gasteiger partial charge in [-0.15, -0.1) is 11.3 Å². The van der Waals surface area contributed by atoms with Gasteiger partial charge in [-0.2, -0.15) is 0 Å². The van der Waals surface area contributed by atoms with Gasteiger partial charge in [-0.3, -0.25) is 4.79 Å². The van der Waals surface area contributed by atoms with Gasteiger partial charge in [-0.05, 0) is 31.9 Å². The van der Waals surface area contributed by atoms with Crippen molar-refractivity contribution in [1.29, 1.82) is 0 Å². The van der Waals surface area contributed by atoms with Crippen molar-refractivity contribution in [2.45, 2.75) is 26.2 Å². The van der Waals surface area contributed by atoms with E-state index in [1.807, 2.05) is 18.2 Å². The van der Waals surface area contributed by atoms with Crippen LogP contribution in [0.2, 0.25) is 0 Å². The number of carbonyl (C=O) groups excluding carboxylic acids is 1. The highest BCUT2D eigenvalue weighted by Gasteiger charge is 2.08. The third-order valence-electron chi connectivity index (χ3n) is 3.03. The molecule has 0 bridgehead atoms. The molecule has 108 valence electrons. The molecule has 2 aromatic heterocycles. The number of fused-ring (bicyclic) bond motifs is 1. The Morgan fingerprint density at radius 3 is 3.00 bits per heavy atom. The summed E-state index contributed by atoms with van der Waals surface area (Å²) < 4.78 is 6.09. The van der Waals surface area contributed by atoms with E-state index in [0.29, 0.717) is 18.0 Å². The molecule has 0 radical (unpaired) electrons. The van der Waals surface area contributed by atoms with Crippen molar-refractivity contribution in [3.8, 4) is 0 Å². The van der Waals surface area contributed by atoms with Crippen LogP contribution in [0.3, 0.4) is 0 Å². The van der Waals surface area contributed by atoms with Gasteiger partial charge < -0.3 is 9.84 Å². The summed E-state index contributed by atoms with van der Waals surface area (Å²) in [6.07, 6.45) is 2.02. The lowest BCUT2D eigenvalue weighted by Gasteiger charge is -1.99. The topological polar surface area (TPSA) is 68.0 Å². The maximum Gasteiger partial charge on any atom is 0.225 e. The number of para-hydroxylation sites is 1. The normalized spacial score (nSPS) is 10.9. The molecule has 0 saturated carbocycles. The van der Waals surface area contributed by atoms with Crippen LogP contribution in [-0.4, -0.2) is 16.0 Å². The molecule has 0 atom stereocenters. The summed E-state index contributed by atoms with van der Waals surface area (Å²) in [4.78, 5) is 16.3. The minimum absolute atomic E-state index is 0.0515. The third kappa shape index (κ3) is 3.46. The molecule has 0 saturated heterocycles. The maximum absolute atomic E-state index is 11.8. The fraction of sp³-hybridized carbons (Fsp3) is 0.267. The fourth-order valence-electron chi connectivity index (χ4n) is 2.06. The summed E-state index contributed by atoms with van der Waals surface area (Å²) in [7, 11) is 0. The first-order valence-electron chi connectivity index (χ1n) is 6.78. The van der Waals surface area contributed by atoms with Crippen LogP contribution in [0.4, 0.5) is 5.82 Å². The number of carbonyl (C=O) groups is 1. The third-order valence-corrected chi connectivity index (χ3v) is 4.12. The lowest BCUT2D eigenvalue weighted by molar-refractivity contribution is -0.116. The average molecular weight is 301 g/mol. The second-order valence-electron chi connectivity index (χ2n) is 4.80. The SMILES string of the molecule is Cc1cc(NC(=O)CCCc2nc3ccccc3s2)no1. The molecule has 6 heteroatoms. The molecule has 0 spiro atoms. The van der Waals surface area contributed by atoms with Gasteiger partial charge in [0.1, 0.15) is 5.76 Å². The van der Waals surface area contributed by atoms with Crippen LogP contribution in [-0.2, 0) is 11.2 Å². The van der Waals surface area contributed by atoms with Crippen molar-refractivity contribution in [3.63, 3.8) is 0 Å². The van der Waals surface area contributed by atoms with Crippen LogP contribution >= 0.6 is 11.3 Å². The first-order chi connectivity index (χ1) is 10.2. The first-order valence-corrected chi connectivity index (χ1v) is 7.60. The molecular formula is C15H15N3O2S. The number of aryl methyl sites for hydroxylation is 2. The molecule has 1 N–H and O–H groups in total. The van der Waals surface area contributed by atoms with Crippen molar-refractivity contribution in [1.82, 2.24) is 10.1 Å². The molecule has 21 heavy (non-hydrogen) atoms. The zero-order valence-corrected chi connectivity index (χ0v) is 12.4. The molecule has 1 aromatic carbocycles. The van der Waals surface area contributed by atoms with E-state index < -0.39 is 0 Å². The van der Waals surface area contributed by atoms with E-state index in [9.17, 15) is 4.79 Å². The molecular weight excluding hydrogens is 286 g/mol. The average Bonchev–Trinajstić information content (AvgIpc) is 3.04. The summed E-state index contributed by atoms with van der Waals surface area (Å²) >= 11 is 1.69. The van der Waals surface area contributed by atoms with E-state index in [1.165, 1.54) is 4.70 Å². The Kier molecular flexibility index (Phi) is 3.96. The number of benzene rings is 1.